The van der Waals surface area contributed by atoms with E-state index in [0.29, 0.717) is 0 Å². The van der Waals surface area contributed by atoms with E-state index in [1.165, 1.54) is 10.6 Å². The highest BCUT2D eigenvalue weighted by Crippen LogP contribution is 2.26. The number of aliphatic imine (C=N–C) groups is 1. The first-order chi connectivity index (χ1) is 7.90. The largest absolute Gasteiger partial charge is 0.377 e. The summed E-state index contributed by atoms with van der Waals surface area (Å²) in [4.78, 5) is 5.67. The first-order valence-corrected chi connectivity index (χ1v) is 6.61. The fourth-order valence-corrected chi connectivity index (χ4v) is 2.42. The third-order valence-electron chi connectivity index (χ3n) is 2.38. The molecule has 1 aromatic carbocycles. The Kier molecular flexibility index (Phi) is 4.10. The maximum absolute atomic E-state index is 4.36. The van der Waals surface area contributed by atoms with Crippen LogP contribution in [-0.2, 0) is 0 Å². The van der Waals surface area contributed by atoms with Crippen molar-refractivity contribution in [1.82, 2.24) is 5.32 Å². The molecule has 1 aromatic rings. The Labute approximate surface area is 101 Å². The van der Waals surface area contributed by atoms with Crippen molar-refractivity contribution < 1.29 is 0 Å². The zero-order valence-electron chi connectivity index (χ0n) is 9.49. The second-order valence-electron chi connectivity index (χ2n) is 3.54. The van der Waals surface area contributed by atoms with Crippen LogP contribution in [0.2, 0.25) is 0 Å². The van der Waals surface area contributed by atoms with Gasteiger partial charge in [0, 0.05) is 17.1 Å². The zero-order chi connectivity index (χ0) is 11.2. The van der Waals surface area contributed by atoms with Gasteiger partial charge in [0.25, 0.3) is 0 Å². The lowest BCUT2D eigenvalue weighted by Gasteiger charge is -2.11. The molecular weight excluding hydrogens is 218 g/mol. The quantitative estimate of drug-likeness (QED) is 0.768. The van der Waals surface area contributed by atoms with Gasteiger partial charge in [-0.15, -0.1) is 11.8 Å². The lowest BCUT2D eigenvalue weighted by Crippen LogP contribution is -2.26. The summed E-state index contributed by atoms with van der Waals surface area (Å²) < 4.78 is 0. The Morgan fingerprint density at radius 2 is 2.31 bits per heavy atom. The van der Waals surface area contributed by atoms with Gasteiger partial charge in [0.15, 0.2) is 0 Å². The van der Waals surface area contributed by atoms with Crippen molar-refractivity contribution >= 4 is 23.3 Å². The van der Waals surface area contributed by atoms with Gasteiger partial charge in [-0.25, -0.2) is 0 Å². The molecule has 0 saturated heterocycles. The van der Waals surface area contributed by atoms with E-state index >= 15 is 0 Å². The Morgan fingerprint density at radius 3 is 3.06 bits per heavy atom. The second kappa shape index (κ2) is 5.80. The van der Waals surface area contributed by atoms with E-state index in [0.717, 1.165) is 31.2 Å². The first kappa shape index (κ1) is 11.3. The van der Waals surface area contributed by atoms with Gasteiger partial charge in [0.1, 0.15) is 5.84 Å². The number of nitrogens with zero attached hydrogens (tertiary/aromatic N) is 1. The summed E-state index contributed by atoms with van der Waals surface area (Å²) in [7, 11) is 0. The van der Waals surface area contributed by atoms with Crippen LogP contribution < -0.4 is 10.6 Å². The number of hydrogen-bond donors (Lipinski definition) is 2. The summed E-state index contributed by atoms with van der Waals surface area (Å²) in [5.74, 6) is 2.16. The summed E-state index contributed by atoms with van der Waals surface area (Å²) in [6, 6.07) is 8.41. The van der Waals surface area contributed by atoms with Crippen LogP contribution in [0.15, 0.2) is 34.2 Å². The van der Waals surface area contributed by atoms with Crippen LogP contribution in [0.5, 0.6) is 0 Å². The lowest BCUT2D eigenvalue weighted by molar-refractivity contribution is 0.955. The minimum absolute atomic E-state index is 0.793. The Bertz CT molecular complexity index is 376. The van der Waals surface area contributed by atoms with Crippen molar-refractivity contribution in [2.45, 2.75) is 11.8 Å². The molecule has 0 aromatic heterocycles. The minimum Gasteiger partial charge on any atom is -0.377 e. The van der Waals surface area contributed by atoms with Crippen LogP contribution >= 0.6 is 11.8 Å². The van der Waals surface area contributed by atoms with Crippen LogP contribution in [0, 0.1) is 0 Å². The normalized spacial score (nSPS) is 14.4. The van der Waals surface area contributed by atoms with Crippen molar-refractivity contribution in [3.63, 3.8) is 0 Å². The van der Waals surface area contributed by atoms with Crippen LogP contribution in [0.1, 0.15) is 6.92 Å². The molecule has 0 spiro atoms. The van der Waals surface area contributed by atoms with Crippen molar-refractivity contribution in [1.29, 1.82) is 0 Å². The molecule has 0 saturated carbocycles. The molecule has 1 aliphatic heterocycles. The van der Waals surface area contributed by atoms with Crippen LogP contribution in [0.4, 0.5) is 5.69 Å². The Morgan fingerprint density at radius 1 is 1.44 bits per heavy atom. The first-order valence-electron chi connectivity index (χ1n) is 5.63. The molecule has 0 fully saturated rings. The maximum atomic E-state index is 4.36. The molecule has 1 heterocycles. The van der Waals surface area contributed by atoms with Crippen molar-refractivity contribution in [2.24, 2.45) is 4.99 Å². The van der Waals surface area contributed by atoms with Gasteiger partial charge in [0.05, 0.1) is 13.1 Å². The second-order valence-corrected chi connectivity index (χ2v) is 4.84. The maximum Gasteiger partial charge on any atom is 0.116 e. The van der Waals surface area contributed by atoms with E-state index in [4.69, 9.17) is 0 Å². The smallest absolute Gasteiger partial charge is 0.116 e. The predicted octanol–water partition coefficient (Wildman–Crippen LogP) is 2.21. The highest BCUT2D eigenvalue weighted by molar-refractivity contribution is 7.99. The average Bonchev–Trinajstić information content (AvgIpc) is 2.81. The van der Waals surface area contributed by atoms with E-state index in [9.17, 15) is 0 Å². The molecule has 0 unspecified atom stereocenters. The monoisotopic (exact) mass is 235 g/mol. The number of amidine groups is 1. The van der Waals surface area contributed by atoms with E-state index in [1.807, 2.05) is 11.8 Å². The van der Waals surface area contributed by atoms with Crippen molar-refractivity contribution in [3.8, 4) is 0 Å². The van der Waals surface area contributed by atoms with Gasteiger partial charge in [0.2, 0.25) is 0 Å². The average molecular weight is 235 g/mol. The molecule has 0 aliphatic carbocycles. The molecule has 0 atom stereocenters. The highest BCUT2D eigenvalue weighted by atomic mass is 32.2. The third-order valence-corrected chi connectivity index (χ3v) is 3.33. The van der Waals surface area contributed by atoms with Crippen LogP contribution in [0.3, 0.4) is 0 Å². The van der Waals surface area contributed by atoms with E-state index < -0.39 is 0 Å². The molecule has 2 N–H and O–H groups in total. The molecule has 0 radical (unpaired) electrons. The molecule has 0 bridgehead atoms. The van der Waals surface area contributed by atoms with Gasteiger partial charge < -0.3 is 10.6 Å². The molecule has 4 heteroatoms. The van der Waals surface area contributed by atoms with E-state index in [2.05, 4.69) is 46.8 Å². The lowest BCUT2D eigenvalue weighted by atomic mass is 10.3. The molecule has 1 aliphatic rings. The topological polar surface area (TPSA) is 36.4 Å². The Hall–Kier alpha value is -1.16. The van der Waals surface area contributed by atoms with E-state index in [1.54, 1.807) is 0 Å². The summed E-state index contributed by atoms with van der Waals surface area (Å²) in [6.07, 6.45) is 0. The van der Waals surface area contributed by atoms with Crippen molar-refractivity contribution in [3.05, 3.63) is 24.3 Å². The van der Waals surface area contributed by atoms with Gasteiger partial charge >= 0.3 is 0 Å². The van der Waals surface area contributed by atoms with Crippen molar-refractivity contribution in [2.75, 3.05) is 30.7 Å². The van der Waals surface area contributed by atoms with Gasteiger partial charge in [-0.05, 0) is 17.9 Å². The van der Waals surface area contributed by atoms with Crippen LogP contribution in [-0.4, -0.2) is 31.2 Å². The molecular formula is C12H17N3S. The summed E-state index contributed by atoms with van der Waals surface area (Å²) in [5, 5.41) is 6.68. The summed E-state index contributed by atoms with van der Waals surface area (Å²) >= 11 is 1.86. The SMILES string of the molecule is CCSc1ccccc1NCC1=NCCN1. The minimum atomic E-state index is 0.793. The highest BCUT2D eigenvalue weighted by Gasteiger charge is 2.06. The summed E-state index contributed by atoms with van der Waals surface area (Å²) in [6.45, 7) is 4.84. The van der Waals surface area contributed by atoms with Gasteiger partial charge in [-0.1, -0.05) is 19.1 Å². The van der Waals surface area contributed by atoms with Gasteiger partial charge in [-0.3, -0.25) is 4.99 Å². The van der Waals surface area contributed by atoms with E-state index in [-0.39, 0.29) is 0 Å². The number of anilines is 1. The van der Waals surface area contributed by atoms with Crippen LogP contribution in [0.25, 0.3) is 0 Å². The molecule has 16 heavy (non-hydrogen) atoms. The molecule has 2 rings (SSSR count). The number of benzene rings is 1. The Balaban J connectivity index is 1.97. The number of hydrogen-bond acceptors (Lipinski definition) is 4. The number of thioether (sulfide) groups is 1. The molecule has 3 nitrogen and oxygen atoms in total. The predicted molar refractivity (Wildman–Crippen MR) is 71.6 cm³/mol. The zero-order valence-corrected chi connectivity index (χ0v) is 10.3. The third kappa shape index (κ3) is 2.92. The number of para-hydroxylation sites is 1. The number of nitrogens with one attached hydrogen (secondary N) is 2. The molecule has 0 amide bonds. The number of rotatable bonds is 5. The summed E-state index contributed by atoms with van der Waals surface area (Å²) in [5.41, 5.74) is 1.20. The fraction of sp³-hybridized carbons (Fsp3) is 0.417. The van der Waals surface area contributed by atoms with Gasteiger partial charge in [-0.2, -0.15) is 0 Å². The standard InChI is InChI=1S/C12H17N3S/c1-2-16-11-6-4-3-5-10(11)15-9-12-13-7-8-14-12/h3-6,15H,2,7-9H2,1H3,(H,13,14). The molecule has 86 valence electrons. The fourth-order valence-electron chi connectivity index (χ4n) is 1.64.